The number of para-hydroxylation sites is 1. The average molecular weight is 440 g/mol. The molecule has 0 radical (unpaired) electrons. The smallest absolute Gasteiger partial charge is 0.278 e. The number of aryl methyl sites for hydroxylation is 1. The lowest BCUT2D eigenvalue weighted by molar-refractivity contribution is -0.116. The first-order chi connectivity index (χ1) is 16.0. The third-order valence-corrected chi connectivity index (χ3v) is 5.71. The fourth-order valence-corrected chi connectivity index (χ4v) is 4.08. The number of aromatic nitrogens is 3. The van der Waals surface area contributed by atoms with Gasteiger partial charge in [0.1, 0.15) is 23.4 Å². The lowest BCUT2D eigenvalue weighted by Gasteiger charge is -2.11. The van der Waals surface area contributed by atoms with Crippen molar-refractivity contribution in [1.82, 2.24) is 14.1 Å². The third kappa shape index (κ3) is 3.89. The molecule has 1 amide bonds. The zero-order valence-electron chi connectivity index (χ0n) is 18.0. The van der Waals surface area contributed by atoms with Crippen molar-refractivity contribution < 1.29 is 9.18 Å². The molecule has 2 aromatic heterocycles. The number of halogens is 1. The van der Waals surface area contributed by atoms with E-state index >= 15 is 0 Å². The minimum atomic E-state index is -0.429. The first kappa shape index (κ1) is 20.6. The monoisotopic (exact) mass is 440 g/mol. The number of rotatable bonds is 5. The third-order valence-electron chi connectivity index (χ3n) is 5.71. The summed E-state index contributed by atoms with van der Waals surface area (Å²) in [5, 5.41) is 3.40. The van der Waals surface area contributed by atoms with Gasteiger partial charge in [0.25, 0.3) is 5.56 Å². The van der Waals surface area contributed by atoms with E-state index in [4.69, 9.17) is 0 Å². The summed E-state index contributed by atoms with van der Waals surface area (Å²) in [5.41, 5.74) is 3.52. The van der Waals surface area contributed by atoms with Crippen molar-refractivity contribution in [3.63, 3.8) is 0 Å². The van der Waals surface area contributed by atoms with Gasteiger partial charge in [0.05, 0.1) is 18.4 Å². The van der Waals surface area contributed by atoms with Crippen LogP contribution in [0.15, 0.2) is 83.9 Å². The first-order valence-electron chi connectivity index (χ1n) is 10.6. The summed E-state index contributed by atoms with van der Waals surface area (Å²) in [7, 11) is 0. The second-order valence-electron chi connectivity index (χ2n) is 7.97. The van der Waals surface area contributed by atoms with E-state index in [2.05, 4.69) is 10.3 Å². The summed E-state index contributed by atoms with van der Waals surface area (Å²) < 4.78 is 17.2. The van der Waals surface area contributed by atoms with E-state index in [-0.39, 0.29) is 23.5 Å². The molecule has 0 saturated heterocycles. The molecule has 0 aliphatic heterocycles. The second-order valence-corrected chi connectivity index (χ2v) is 7.97. The fraction of sp³-hybridized carbons (Fsp3) is 0.115. The van der Waals surface area contributed by atoms with Gasteiger partial charge in [0.2, 0.25) is 5.91 Å². The summed E-state index contributed by atoms with van der Waals surface area (Å²) in [4.78, 5) is 30.9. The number of amides is 1. The molecule has 5 aromatic rings. The van der Waals surface area contributed by atoms with Crippen molar-refractivity contribution in [1.29, 1.82) is 0 Å². The largest absolute Gasteiger partial charge is 0.325 e. The van der Waals surface area contributed by atoms with Gasteiger partial charge in [-0.05, 0) is 42.3 Å². The van der Waals surface area contributed by atoms with E-state index in [0.717, 1.165) is 11.1 Å². The molecule has 0 saturated carbocycles. The molecule has 0 spiro atoms. The van der Waals surface area contributed by atoms with E-state index in [1.165, 1.54) is 23.0 Å². The highest BCUT2D eigenvalue weighted by molar-refractivity contribution is 6.06. The highest BCUT2D eigenvalue weighted by Crippen LogP contribution is 2.26. The number of carbonyl (C=O) groups excluding carboxylic acids is 1. The molecule has 0 atom stereocenters. The van der Waals surface area contributed by atoms with Gasteiger partial charge in [-0.3, -0.25) is 14.2 Å². The van der Waals surface area contributed by atoms with Crippen LogP contribution in [0, 0.1) is 12.7 Å². The zero-order chi connectivity index (χ0) is 22.9. The molecule has 0 bridgehead atoms. The maximum Gasteiger partial charge on any atom is 0.278 e. The lowest BCUT2D eigenvalue weighted by atomic mass is 10.2. The Kier molecular flexibility index (Phi) is 5.22. The summed E-state index contributed by atoms with van der Waals surface area (Å²) in [6.45, 7) is 2.14. The topological polar surface area (TPSA) is 68.9 Å². The molecule has 1 N–H and O–H groups in total. The van der Waals surface area contributed by atoms with Crippen molar-refractivity contribution in [3.05, 3.63) is 106 Å². The number of hydrogen-bond donors (Lipinski definition) is 1. The fourth-order valence-electron chi connectivity index (χ4n) is 4.08. The van der Waals surface area contributed by atoms with Crippen molar-refractivity contribution >= 4 is 33.5 Å². The van der Waals surface area contributed by atoms with Crippen LogP contribution in [-0.2, 0) is 17.9 Å². The Morgan fingerprint density at radius 3 is 2.58 bits per heavy atom. The van der Waals surface area contributed by atoms with Crippen molar-refractivity contribution in [3.8, 4) is 0 Å². The molecule has 6 nitrogen and oxygen atoms in total. The highest BCUT2D eigenvalue weighted by Gasteiger charge is 2.19. The van der Waals surface area contributed by atoms with Gasteiger partial charge in [-0.15, -0.1) is 0 Å². The summed E-state index contributed by atoms with van der Waals surface area (Å²) in [6, 6.07) is 21.3. The molecular weight excluding hydrogens is 419 g/mol. The maximum absolute atomic E-state index is 14.0. The molecule has 33 heavy (non-hydrogen) atoms. The number of carbonyl (C=O) groups is 1. The van der Waals surface area contributed by atoms with Crippen molar-refractivity contribution in [2.75, 3.05) is 5.32 Å². The van der Waals surface area contributed by atoms with E-state index in [1.54, 1.807) is 10.6 Å². The number of nitrogens with one attached hydrogen (secondary N) is 1. The Hall–Kier alpha value is -4.26. The molecule has 5 rings (SSSR count). The van der Waals surface area contributed by atoms with E-state index in [1.807, 2.05) is 61.5 Å². The number of nitrogens with zero attached hydrogens (tertiary/aromatic N) is 3. The zero-order valence-corrected chi connectivity index (χ0v) is 18.0. The maximum atomic E-state index is 14.0. The Bertz CT molecular complexity index is 1550. The van der Waals surface area contributed by atoms with Crippen LogP contribution in [0.2, 0.25) is 0 Å². The number of fused-ring (bicyclic) bond motifs is 3. The summed E-state index contributed by atoms with van der Waals surface area (Å²) in [5.74, 6) is -0.716. The van der Waals surface area contributed by atoms with E-state index in [9.17, 15) is 14.0 Å². The molecule has 3 aromatic carbocycles. The van der Waals surface area contributed by atoms with Crippen LogP contribution >= 0.6 is 0 Å². The summed E-state index contributed by atoms with van der Waals surface area (Å²) in [6.07, 6.45) is 1.47. The number of anilines is 1. The molecule has 164 valence electrons. The van der Waals surface area contributed by atoms with Gasteiger partial charge in [-0.25, -0.2) is 9.37 Å². The van der Waals surface area contributed by atoms with Gasteiger partial charge in [-0.2, -0.15) is 0 Å². The standard InChI is InChI=1S/C26H21FN4O2/c1-17-7-5-6-10-21(17)29-23(32)15-31-22-12-11-19(27)13-20(22)24-25(31)26(33)30(16-28-24)14-18-8-3-2-4-9-18/h2-13,16H,14-15H2,1H3,(H,29,32). The number of benzene rings is 3. The van der Waals surface area contributed by atoms with Gasteiger partial charge >= 0.3 is 0 Å². The second kappa shape index (κ2) is 8.35. The van der Waals surface area contributed by atoms with Gasteiger partial charge in [-0.1, -0.05) is 48.5 Å². The molecule has 0 fully saturated rings. The van der Waals surface area contributed by atoms with Crippen LogP contribution < -0.4 is 10.9 Å². The lowest BCUT2D eigenvalue weighted by Crippen LogP contribution is -2.25. The van der Waals surface area contributed by atoms with Crippen LogP contribution in [0.25, 0.3) is 21.9 Å². The van der Waals surface area contributed by atoms with E-state index < -0.39 is 5.82 Å². The molecular formula is C26H21FN4O2. The number of hydrogen-bond acceptors (Lipinski definition) is 3. The van der Waals surface area contributed by atoms with Crippen LogP contribution in [0.5, 0.6) is 0 Å². The molecule has 0 aliphatic carbocycles. The predicted molar refractivity (Wildman–Crippen MR) is 127 cm³/mol. The van der Waals surface area contributed by atoms with Gasteiger partial charge < -0.3 is 9.88 Å². The van der Waals surface area contributed by atoms with Crippen molar-refractivity contribution in [2.45, 2.75) is 20.0 Å². The summed E-state index contributed by atoms with van der Waals surface area (Å²) >= 11 is 0. The minimum absolute atomic E-state index is 0.105. The average Bonchev–Trinajstić information content (AvgIpc) is 3.11. The Morgan fingerprint density at radius 1 is 1.03 bits per heavy atom. The normalized spacial score (nSPS) is 11.2. The van der Waals surface area contributed by atoms with E-state index in [0.29, 0.717) is 28.7 Å². The van der Waals surface area contributed by atoms with Crippen molar-refractivity contribution in [2.24, 2.45) is 0 Å². The van der Waals surface area contributed by atoms with Crippen LogP contribution in [-0.4, -0.2) is 20.0 Å². The van der Waals surface area contributed by atoms with Crippen LogP contribution in [0.4, 0.5) is 10.1 Å². The SMILES string of the molecule is Cc1ccccc1NC(=O)Cn1c2ccc(F)cc2c2ncn(Cc3ccccc3)c(=O)c21. The highest BCUT2D eigenvalue weighted by atomic mass is 19.1. The minimum Gasteiger partial charge on any atom is -0.325 e. The Morgan fingerprint density at radius 2 is 1.79 bits per heavy atom. The van der Waals surface area contributed by atoms with Crippen LogP contribution in [0.1, 0.15) is 11.1 Å². The predicted octanol–water partition coefficient (Wildman–Crippen LogP) is 4.49. The van der Waals surface area contributed by atoms with Gasteiger partial charge in [0.15, 0.2) is 0 Å². The quantitative estimate of drug-likeness (QED) is 0.438. The molecule has 2 heterocycles. The molecule has 0 aliphatic rings. The molecule has 0 unspecified atom stereocenters. The molecule has 7 heteroatoms. The first-order valence-corrected chi connectivity index (χ1v) is 10.6. The Labute approximate surface area is 188 Å². The van der Waals surface area contributed by atoms with Crippen LogP contribution in [0.3, 0.4) is 0 Å². The van der Waals surface area contributed by atoms with Gasteiger partial charge in [0, 0.05) is 11.1 Å². The Balaban J connectivity index is 1.62.